The quantitative estimate of drug-likeness (QED) is 0.131. The molecule has 0 aromatic rings. The van der Waals surface area contributed by atoms with Gasteiger partial charge in [0.2, 0.25) is 0 Å². The van der Waals surface area contributed by atoms with Crippen molar-refractivity contribution in [3.05, 3.63) is 24.8 Å². The van der Waals surface area contributed by atoms with Gasteiger partial charge < -0.3 is 4.90 Å². The molecular weight excluding hydrogens is 338 g/mol. The fourth-order valence-corrected chi connectivity index (χ4v) is 3.92. The minimum atomic E-state index is 0.829. The Balaban J connectivity index is 3.93. The Bertz CT molecular complexity index is 331. The smallest absolute Gasteiger partial charge is 0.00219 e. The van der Waals surface area contributed by atoms with Crippen LogP contribution in [0.15, 0.2) is 24.8 Å². The van der Waals surface area contributed by atoms with E-state index in [1.807, 2.05) is 0 Å². The molecule has 0 rings (SSSR count). The summed E-state index contributed by atoms with van der Waals surface area (Å²) < 4.78 is 0. The van der Waals surface area contributed by atoms with Crippen LogP contribution in [0.25, 0.3) is 0 Å². The van der Waals surface area contributed by atoms with Gasteiger partial charge in [-0.15, -0.1) is 6.58 Å². The second-order valence-electron chi connectivity index (χ2n) is 9.03. The summed E-state index contributed by atoms with van der Waals surface area (Å²) in [4.78, 5) is 2.29. The van der Waals surface area contributed by atoms with Crippen molar-refractivity contribution in [2.24, 2.45) is 5.92 Å². The predicted molar refractivity (Wildman–Crippen MR) is 130 cm³/mol. The first-order valence-corrected chi connectivity index (χ1v) is 12.6. The molecule has 1 nitrogen and oxygen atoms in total. The number of hydrogen-bond donors (Lipinski definition) is 0. The minimum Gasteiger partial charge on any atom is -0.309 e. The second kappa shape index (κ2) is 22.7. The van der Waals surface area contributed by atoms with E-state index >= 15 is 0 Å². The van der Waals surface area contributed by atoms with E-state index in [1.165, 1.54) is 122 Å². The van der Waals surface area contributed by atoms with Crippen LogP contribution in [0, 0.1) is 5.92 Å². The predicted octanol–water partition coefficient (Wildman–Crippen LogP) is 8.95. The number of rotatable bonds is 22. The van der Waals surface area contributed by atoms with Gasteiger partial charge in [-0.2, -0.15) is 0 Å². The Labute approximate surface area is 179 Å². The molecule has 0 radical (unpaired) electrons. The summed E-state index contributed by atoms with van der Waals surface area (Å²) in [6.45, 7) is 7.32. The highest BCUT2D eigenvalue weighted by atomic mass is 15.0. The van der Waals surface area contributed by atoms with Crippen molar-refractivity contribution in [1.82, 2.24) is 4.90 Å². The molecule has 0 saturated carbocycles. The van der Waals surface area contributed by atoms with Crippen LogP contribution in [-0.4, -0.2) is 25.5 Å². The summed E-state index contributed by atoms with van der Waals surface area (Å²) in [5.74, 6) is 0.829. The van der Waals surface area contributed by atoms with E-state index in [4.69, 9.17) is 0 Å². The molecule has 0 saturated heterocycles. The van der Waals surface area contributed by atoms with E-state index in [-0.39, 0.29) is 0 Å². The second-order valence-corrected chi connectivity index (χ2v) is 9.03. The summed E-state index contributed by atoms with van der Waals surface area (Å²) in [6, 6.07) is 0. The molecule has 0 aliphatic carbocycles. The maximum Gasteiger partial charge on any atom is -0.00219 e. The van der Waals surface area contributed by atoms with Gasteiger partial charge in [-0.05, 0) is 65.1 Å². The van der Waals surface area contributed by atoms with E-state index in [0.29, 0.717) is 0 Å². The standard InChI is InChI=1S/C27H53N/c1-5-7-9-11-13-15-17-20-24-27(25-21-18-22-26-28(3)4)23-19-16-14-12-10-8-6-2/h5,21,25,27H,1,6-20,22-24,26H2,2-4H3/b25-21-. The monoisotopic (exact) mass is 391 g/mol. The van der Waals surface area contributed by atoms with Gasteiger partial charge in [0.25, 0.3) is 0 Å². The molecule has 0 amide bonds. The van der Waals surface area contributed by atoms with Crippen LogP contribution in [0.5, 0.6) is 0 Å². The van der Waals surface area contributed by atoms with Gasteiger partial charge in [0.05, 0.1) is 0 Å². The van der Waals surface area contributed by atoms with Gasteiger partial charge in [0, 0.05) is 0 Å². The van der Waals surface area contributed by atoms with Crippen LogP contribution in [-0.2, 0) is 0 Å². The molecule has 0 aliphatic rings. The summed E-state index contributed by atoms with van der Waals surface area (Å²) in [7, 11) is 4.34. The lowest BCUT2D eigenvalue weighted by molar-refractivity contribution is 0.401. The van der Waals surface area contributed by atoms with Crippen molar-refractivity contribution >= 4 is 0 Å². The molecule has 0 spiro atoms. The van der Waals surface area contributed by atoms with E-state index < -0.39 is 0 Å². The van der Waals surface area contributed by atoms with Crippen molar-refractivity contribution < 1.29 is 0 Å². The Hall–Kier alpha value is -0.560. The van der Waals surface area contributed by atoms with Gasteiger partial charge in [-0.3, -0.25) is 0 Å². The normalized spacial score (nSPS) is 12.9. The lowest BCUT2D eigenvalue weighted by Gasteiger charge is -2.13. The molecule has 0 heterocycles. The number of unbranched alkanes of at least 4 members (excludes halogenated alkanes) is 13. The molecule has 166 valence electrons. The molecule has 0 aromatic heterocycles. The summed E-state index contributed by atoms with van der Waals surface area (Å²) in [5.41, 5.74) is 0. The minimum absolute atomic E-state index is 0.829. The third kappa shape index (κ3) is 21.7. The van der Waals surface area contributed by atoms with Crippen molar-refractivity contribution in [3.63, 3.8) is 0 Å². The van der Waals surface area contributed by atoms with Gasteiger partial charge in [-0.1, -0.05) is 102 Å². The maximum absolute atomic E-state index is 3.81. The zero-order valence-corrected chi connectivity index (χ0v) is 19.9. The third-order valence-corrected chi connectivity index (χ3v) is 5.80. The molecule has 1 unspecified atom stereocenters. The molecular formula is C27H53N. The number of hydrogen-bond acceptors (Lipinski definition) is 1. The van der Waals surface area contributed by atoms with Crippen LogP contribution in [0.4, 0.5) is 0 Å². The van der Waals surface area contributed by atoms with Crippen LogP contribution in [0.2, 0.25) is 0 Å². The zero-order chi connectivity index (χ0) is 20.7. The van der Waals surface area contributed by atoms with E-state index in [2.05, 4.69) is 50.7 Å². The summed E-state index contributed by atoms with van der Waals surface area (Å²) >= 11 is 0. The molecule has 0 bridgehead atoms. The SMILES string of the molecule is C=CCCCCCCCCC(/C=C\CCCN(C)C)CCCCCCCCC. The molecule has 28 heavy (non-hydrogen) atoms. The Kier molecular flexibility index (Phi) is 22.3. The van der Waals surface area contributed by atoms with Gasteiger partial charge in [0.15, 0.2) is 0 Å². The first-order chi connectivity index (χ1) is 13.7. The Morgan fingerprint density at radius 1 is 0.679 bits per heavy atom. The fraction of sp³-hybridized carbons (Fsp3) is 0.852. The molecule has 0 fully saturated rings. The van der Waals surface area contributed by atoms with E-state index in [0.717, 1.165) is 5.92 Å². The summed E-state index contributed by atoms with van der Waals surface area (Å²) in [5, 5.41) is 0. The van der Waals surface area contributed by atoms with Gasteiger partial charge in [0.1, 0.15) is 0 Å². The van der Waals surface area contributed by atoms with E-state index in [9.17, 15) is 0 Å². The van der Waals surface area contributed by atoms with Crippen molar-refractivity contribution in [2.75, 3.05) is 20.6 Å². The van der Waals surface area contributed by atoms with Crippen molar-refractivity contribution in [1.29, 1.82) is 0 Å². The van der Waals surface area contributed by atoms with Gasteiger partial charge >= 0.3 is 0 Å². The Morgan fingerprint density at radius 2 is 1.21 bits per heavy atom. The van der Waals surface area contributed by atoms with Crippen LogP contribution in [0.3, 0.4) is 0 Å². The molecule has 0 aromatic carbocycles. The third-order valence-electron chi connectivity index (χ3n) is 5.80. The molecule has 0 aliphatic heterocycles. The molecule has 1 heteroatoms. The van der Waals surface area contributed by atoms with Crippen LogP contribution < -0.4 is 0 Å². The highest BCUT2D eigenvalue weighted by Gasteiger charge is 2.05. The summed E-state index contributed by atoms with van der Waals surface area (Å²) in [6.07, 6.45) is 32.0. The first kappa shape index (κ1) is 27.4. The highest BCUT2D eigenvalue weighted by Crippen LogP contribution is 2.21. The largest absolute Gasteiger partial charge is 0.309 e. The van der Waals surface area contributed by atoms with E-state index in [1.54, 1.807) is 0 Å². The maximum atomic E-state index is 3.81. The molecule has 1 atom stereocenters. The highest BCUT2D eigenvalue weighted by molar-refractivity contribution is 4.88. The number of nitrogens with zero attached hydrogens (tertiary/aromatic N) is 1. The Morgan fingerprint density at radius 3 is 1.75 bits per heavy atom. The van der Waals surface area contributed by atoms with Crippen LogP contribution in [0.1, 0.15) is 122 Å². The van der Waals surface area contributed by atoms with Crippen LogP contribution >= 0.6 is 0 Å². The average molecular weight is 392 g/mol. The lowest BCUT2D eigenvalue weighted by Crippen LogP contribution is -2.12. The van der Waals surface area contributed by atoms with Crippen molar-refractivity contribution in [2.45, 2.75) is 122 Å². The fourth-order valence-electron chi connectivity index (χ4n) is 3.92. The van der Waals surface area contributed by atoms with Gasteiger partial charge in [-0.25, -0.2) is 0 Å². The topological polar surface area (TPSA) is 3.24 Å². The number of allylic oxidation sites excluding steroid dienone is 3. The molecule has 0 N–H and O–H groups in total. The zero-order valence-electron chi connectivity index (χ0n) is 19.9. The van der Waals surface area contributed by atoms with Crippen molar-refractivity contribution in [3.8, 4) is 0 Å². The first-order valence-electron chi connectivity index (χ1n) is 12.6. The lowest BCUT2D eigenvalue weighted by atomic mass is 9.93. The average Bonchev–Trinajstić information content (AvgIpc) is 2.68.